The first-order chi connectivity index (χ1) is 13.1. The summed E-state index contributed by atoms with van der Waals surface area (Å²) in [6.07, 6.45) is 0. The quantitative estimate of drug-likeness (QED) is 0.547. The molecule has 0 spiro atoms. The van der Waals surface area contributed by atoms with Crippen molar-refractivity contribution in [2.75, 3.05) is 14.2 Å². The number of nitro benzene ring substituents is 2. The predicted octanol–water partition coefficient (Wildman–Crippen LogP) is 2.00. The highest BCUT2D eigenvalue weighted by molar-refractivity contribution is 5.98. The minimum absolute atomic E-state index is 0.0197. The van der Waals surface area contributed by atoms with Crippen molar-refractivity contribution in [2.45, 2.75) is 0 Å². The lowest BCUT2D eigenvalue weighted by atomic mass is 10.1. The number of methoxy groups -OCH3 is 2. The maximum absolute atomic E-state index is 10.9. The number of aromatic carboxylic acids is 1. The first kappa shape index (κ1) is 21.8. The Morgan fingerprint density at radius 2 is 1.29 bits per heavy atom. The number of hydrogen-bond acceptors (Lipinski definition) is 8. The molecule has 2 aromatic carbocycles. The number of amides is 1. The van der Waals surface area contributed by atoms with Gasteiger partial charge in [0, 0.05) is 0 Å². The number of carboxylic acid groups (broad SMARTS) is 1. The van der Waals surface area contributed by atoms with Crippen LogP contribution in [0.25, 0.3) is 0 Å². The minimum atomic E-state index is -1.35. The Kier molecular flexibility index (Phi) is 7.38. The fourth-order valence-electron chi connectivity index (χ4n) is 2.12. The first-order valence-electron chi connectivity index (χ1n) is 7.31. The van der Waals surface area contributed by atoms with Gasteiger partial charge in [-0.1, -0.05) is 12.1 Å². The molecule has 0 bridgehead atoms. The minimum Gasteiger partial charge on any atom is -0.490 e. The van der Waals surface area contributed by atoms with Crippen LogP contribution >= 0.6 is 0 Å². The molecule has 0 saturated carbocycles. The van der Waals surface area contributed by atoms with Gasteiger partial charge < -0.3 is 20.3 Å². The number of benzene rings is 2. The van der Waals surface area contributed by atoms with Gasteiger partial charge in [0.1, 0.15) is 11.1 Å². The summed E-state index contributed by atoms with van der Waals surface area (Å²) in [4.78, 5) is 41.2. The van der Waals surface area contributed by atoms with Crippen molar-refractivity contribution in [1.82, 2.24) is 0 Å². The average molecular weight is 393 g/mol. The molecule has 0 aliphatic rings. The summed E-state index contributed by atoms with van der Waals surface area (Å²) in [7, 11) is 2.53. The number of para-hydroxylation sites is 2. The molecule has 0 heterocycles. The van der Waals surface area contributed by atoms with E-state index in [4.69, 9.17) is 20.3 Å². The smallest absolute Gasteiger partial charge is 0.342 e. The van der Waals surface area contributed by atoms with Gasteiger partial charge >= 0.3 is 17.3 Å². The van der Waals surface area contributed by atoms with Crippen LogP contribution in [-0.4, -0.2) is 41.0 Å². The number of carbonyl (C=O) groups is 2. The molecule has 0 aromatic heterocycles. The standard InChI is InChI=1S/C8H8N2O4.C8H7NO5/c1-14-6-4-2-3-5(8(9)11)7(6)10(12)13;1-14-6-4-2-3-5(8(10)11)7(6)9(12)13/h2-4H,1H3,(H2,9,11);2-4H,1H3,(H,10,11). The highest BCUT2D eigenvalue weighted by Gasteiger charge is 2.25. The van der Waals surface area contributed by atoms with Crippen LogP contribution in [-0.2, 0) is 0 Å². The van der Waals surface area contributed by atoms with Gasteiger partial charge in [0.05, 0.1) is 24.1 Å². The number of nitro groups is 2. The van der Waals surface area contributed by atoms with Crippen LogP contribution in [0.2, 0.25) is 0 Å². The van der Waals surface area contributed by atoms with E-state index in [1.807, 2.05) is 0 Å². The largest absolute Gasteiger partial charge is 0.490 e. The zero-order valence-corrected chi connectivity index (χ0v) is 14.6. The van der Waals surface area contributed by atoms with E-state index in [0.29, 0.717) is 0 Å². The number of carboxylic acids is 1. The number of primary amides is 1. The SMILES string of the molecule is COc1cccc(C(=O)O)c1[N+](=O)[O-].COc1cccc(C(N)=O)c1[N+](=O)[O-]. The molecule has 12 heteroatoms. The Morgan fingerprint density at radius 1 is 0.893 bits per heavy atom. The number of nitrogens with zero attached hydrogens (tertiary/aromatic N) is 2. The summed E-state index contributed by atoms with van der Waals surface area (Å²) < 4.78 is 9.44. The maximum Gasteiger partial charge on any atom is 0.342 e. The Balaban J connectivity index is 0.000000280. The fraction of sp³-hybridized carbons (Fsp3) is 0.125. The van der Waals surface area contributed by atoms with E-state index in [-0.39, 0.29) is 22.6 Å². The Hall–Kier alpha value is -4.22. The van der Waals surface area contributed by atoms with Crippen LogP contribution in [0.3, 0.4) is 0 Å². The molecule has 1 amide bonds. The summed E-state index contributed by atoms with van der Waals surface area (Å²) in [6, 6.07) is 8.02. The fourth-order valence-corrected chi connectivity index (χ4v) is 2.12. The molecule has 0 radical (unpaired) electrons. The van der Waals surface area contributed by atoms with E-state index in [0.717, 1.165) is 6.07 Å². The van der Waals surface area contributed by atoms with E-state index in [9.17, 15) is 29.8 Å². The summed E-state index contributed by atoms with van der Waals surface area (Å²) in [5.74, 6) is -2.24. The van der Waals surface area contributed by atoms with Gasteiger partial charge in [0.2, 0.25) is 0 Å². The maximum atomic E-state index is 10.9. The van der Waals surface area contributed by atoms with Crippen LogP contribution in [0.4, 0.5) is 11.4 Å². The third kappa shape index (κ3) is 4.91. The molecule has 0 aliphatic carbocycles. The number of hydrogen-bond donors (Lipinski definition) is 2. The van der Waals surface area contributed by atoms with Crippen molar-refractivity contribution in [3.63, 3.8) is 0 Å². The second-order valence-electron chi connectivity index (χ2n) is 4.90. The van der Waals surface area contributed by atoms with Crippen LogP contribution in [0.5, 0.6) is 11.5 Å². The average Bonchev–Trinajstić information content (AvgIpc) is 2.66. The van der Waals surface area contributed by atoms with E-state index in [1.54, 1.807) is 0 Å². The first-order valence-corrected chi connectivity index (χ1v) is 7.31. The van der Waals surface area contributed by atoms with Crippen molar-refractivity contribution in [3.8, 4) is 11.5 Å². The van der Waals surface area contributed by atoms with E-state index >= 15 is 0 Å². The van der Waals surface area contributed by atoms with E-state index < -0.39 is 33.1 Å². The van der Waals surface area contributed by atoms with Gasteiger partial charge in [-0.15, -0.1) is 0 Å². The molecule has 0 aliphatic heterocycles. The molecule has 28 heavy (non-hydrogen) atoms. The Bertz CT molecular complexity index is 852. The number of rotatable bonds is 6. The zero-order valence-electron chi connectivity index (χ0n) is 14.6. The molecule has 0 saturated heterocycles. The molecule has 0 atom stereocenters. The lowest BCUT2D eigenvalue weighted by molar-refractivity contribution is -0.386. The van der Waals surface area contributed by atoms with Crippen LogP contribution in [0.15, 0.2) is 36.4 Å². The van der Waals surface area contributed by atoms with Crippen molar-refractivity contribution in [1.29, 1.82) is 0 Å². The number of carbonyl (C=O) groups excluding carboxylic acids is 1. The monoisotopic (exact) mass is 393 g/mol. The molecule has 0 fully saturated rings. The molecule has 12 nitrogen and oxygen atoms in total. The van der Waals surface area contributed by atoms with Crippen molar-refractivity contribution < 1.29 is 34.0 Å². The Morgan fingerprint density at radius 3 is 1.61 bits per heavy atom. The third-order valence-corrected chi connectivity index (χ3v) is 3.30. The zero-order chi connectivity index (χ0) is 21.4. The number of ether oxygens (including phenoxy) is 2. The van der Waals surface area contributed by atoms with Crippen molar-refractivity contribution >= 4 is 23.3 Å². The third-order valence-electron chi connectivity index (χ3n) is 3.30. The molecule has 0 unspecified atom stereocenters. The van der Waals surface area contributed by atoms with E-state index in [2.05, 4.69) is 0 Å². The van der Waals surface area contributed by atoms with Crippen LogP contribution in [0.1, 0.15) is 20.7 Å². The van der Waals surface area contributed by atoms with Crippen molar-refractivity contribution in [2.24, 2.45) is 5.73 Å². The second-order valence-corrected chi connectivity index (χ2v) is 4.90. The number of nitrogens with two attached hydrogens (primary N) is 1. The predicted molar refractivity (Wildman–Crippen MR) is 94.8 cm³/mol. The second kappa shape index (κ2) is 9.47. The lowest BCUT2D eigenvalue weighted by Gasteiger charge is -2.03. The van der Waals surface area contributed by atoms with Gasteiger partial charge in [0.15, 0.2) is 11.5 Å². The Labute approximate surface area is 157 Å². The molecule has 2 rings (SSSR count). The van der Waals surface area contributed by atoms with Crippen LogP contribution < -0.4 is 15.2 Å². The summed E-state index contributed by atoms with van der Waals surface area (Å²) in [5.41, 5.74) is 3.51. The topological polar surface area (TPSA) is 185 Å². The van der Waals surface area contributed by atoms with Crippen molar-refractivity contribution in [3.05, 3.63) is 67.8 Å². The summed E-state index contributed by atoms with van der Waals surface area (Å²) >= 11 is 0. The summed E-state index contributed by atoms with van der Waals surface area (Å²) in [5, 5.41) is 29.9. The molecular weight excluding hydrogens is 378 g/mol. The van der Waals surface area contributed by atoms with E-state index in [1.165, 1.54) is 44.6 Å². The van der Waals surface area contributed by atoms with Gasteiger partial charge in [-0.05, 0) is 24.3 Å². The van der Waals surface area contributed by atoms with Gasteiger partial charge in [-0.2, -0.15) is 0 Å². The normalized spacial score (nSPS) is 9.50. The molecule has 3 N–H and O–H groups in total. The molecular formula is C16H15N3O9. The molecule has 2 aromatic rings. The highest BCUT2D eigenvalue weighted by Crippen LogP contribution is 2.30. The van der Waals surface area contributed by atoms with Gasteiger partial charge in [0.25, 0.3) is 5.91 Å². The molecule has 148 valence electrons. The highest BCUT2D eigenvalue weighted by atomic mass is 16.6. The summed E-state index contributed by atoms with van der Waals surface area (Å²) in [6.45, 7) is 0. The van der Waals surface area contributed by atoms with Gasteiger partial charge in [-0.3, -0.25) is 25.0 Å². The lowest BCUT2D eigenvalue weighted by Crippen LogP contribution is -2.13. The van der Waals surface area contributed by atoms with Gasteiger partial charge in [-0.25, -0.2) is 4.79 Å². The van der Waals surface area contributed by atoms with Crippen LogP contribution in [0, 0.1) is 20.2 Å².